The van der Waals surface area contributed by atoms with Crippen LogP contribution in [0.3, 0.4) is 0 Å². The number of rotatable bonds is 3. The first-order valence-electron chi connectivity index (χ1n) is 4.87. The summed E-state index contributed by atoms with van der Waals surface area (Å²) < 4.78 is 0. The highest BCUT2D eigenvalue weighted by Gasteiger charge is 2.65. The third-order valence-corrected chi connectivity index (χ3v) is 4.05. The highest BCUT2D eigenvalue weighted by molar-refractivity contribution is 5.35. The maximum atomic E-state index is 4.14. The Morgan fingerprint density at radius 3 is 1.17 bits per heavy atom. The van der Waals surface area contributed by atoms with Gasteiger partial charge in [0.15, 0.2) is 0 Å². The second-order valence-electron chi connectivity index (χ2n) is 4.72. The lowest BCUT2D eigenvalue weighted by atomic mass is 9.76. The van der Waals surface area contributed by atoms with Crippen LogP contribution >= 0.6 is 0 Å². The van der Waals surface area contributed by atoms with Gasteiger partial charge in [-0.05, 0) is 39.5 Å². The molecule has 0 aliphatic heterocycles. The molecule has 2 aliphatic carbocycles. The topological polar surface area (TPSA) is 0 Å². The van der Waals surface area contributed by atoms with Crippen LogP contribution in [0.25, 0.3) is 0 Å². The van der Waals surface area contributed by atoms with Gasteiger partial charge in [0.25, 0.3) is 0 Å². The van der Waals surface area contributed by atoms with Crippen molar-refractivity contribution in [2.24, 2.45) is 10.8 Å². The van der Waals surface area contributed by atoms with Gasteiger partial charge in [-0.15, -0.1) is 0 Å². The van der Waals surface area contributed by atoms with E-state index in [-0.39, 0.29) is 0 Å². The van der Waals surface area contributed by atoms with Crippen molar-refractivity contribution in [3.63, 3.8) is 0 Å². The average Bonchev–Trinajstić information content (AvgIpc) is 2.83. The van der Waals surface area contributed by atoms with Crippen LogP contribution in [0.2, 0.25) is 0 Å². The van der Waals surface area contributed by atoms with Crippen LogP contribution in [0.5, 0.6) is 0 Å². The lowest BCUT2D eigenvalue weighted by Crippen LogP contribution is -2.19. The van der Waals surface area contributed by atoms with Gasteiger partial charge < -0.3 is 0 Å². The van der Waals surface area contributed by atoms with Gasteiger partial charge in [-0.1, -0.05) is 24.3 Å². The van der Waals surface area contributed by atoms with Crippen molar-refractivity contribution in [3.05, 3.63) is 24.3 Å². The van der Waals surface area contributed by atoms with Gasteiger partial charge in [-0.25, -0.2) is 0 Å². The molecule has 0 unspecified atom stereocenters. The largest absolute Gasteiger partial charge is 0.0995 e. The van der Waals surface area contributed by atoms with Crippen molar-refractivity contribution < 1.29 is 0 Å². The molecule has 0 spiro atoms. The van der Waals surface area contributed by atoms with Crippen LogP contribution in [0.1, 0.15) is 39.5 Å². The van der Waals surface area contributed by atoms with E-state index in [0.717, 1.165) is 0 Å². The number of hydrogen-bond donors (Lipinski definition) is 0. The molecule has 0 atom stereocenters. The van der Waals surface area contributed by atoms with Crippen molar-refractivity contribution in [1.29, 1.82) is 0 Å². The minimum Gasteiger partial charge on any atom is -0.0995 e. The molecule has 0 aromatic heterocycles. The fourth-order valence-corrected chi connectivity index (χ4v) is 2.88. The summed E-state index contributed by atoms with van der Waals surface area (Å²) in [5.41, 5.74) is 3.75. The van der Waals surface area contributed by atoms with Crippen LogP contribution in [0.15, 0.2) is 24.3 Å². The number of allylic oxidation sites excluding steroid dienone is 2. The highest BCUT2D eigenvalue weighted by atomic mass is 14.7. The molecular weight excluding hydrogens is 144 g/mol. The first-order valence-corrected chi connectivity index (χ1v) is 4.87. The van der Waals surface area contributed by atoms with E-state index in [4.69, 9.17) is 0 Å². The predicted molar refractivity (Wildman–Crippen MR) is 53.0 cm³/mol. The Morgan fingerprint density at radius 1 is 0.833 bits per heavy atom. The molecule has 0 bridgehead atoms. The summed E-state index contributed by atoms with van der Waals surface area (Å²) in [6.07, 6.45) is 5.43. The summed E-state index contributed by atoms with van der Waals surface area (Å²) in [4.78, 5) is 0. The Kier molecular flexibility index (Phi) is 1.38. The Labute approximate surface area is 75.4 Å². The quantitative estimate of drug-likeness (QED) is 0.555. The predicted octanol–water partition coefficient (Wildman–Crippen LogP) is 3.70. The molecule has 12 heavy (non-hydrogen) atoms. The Hall–Kier alpha value is -0.520. The van der Waals surface area contributed by atoms with Crippen LogP contribution in [0.4, 0.5) is 0 Å². The molecule has 0 nitrogen and oxygen atoms in total. The van der Waals surface area contributed by atoms with Crippen molar-refractivity contribution in [1.82, 2.24) is 0 Å². The molecule has 0 amide bonds. The monoisotopic (exact) mass is 162 g/mol. The molecule has 0 heterocycles. The molecule has 0 radical (unpaired) electrons. The Morgan fingerprint density at radius 2 is 1.08 bits per heavy atom. The van der Waals surface area contributed by atoms with Crippen LogP contribution in [-0.4, -0.2) is 0 Å². The van der Waals surface area contributed by atoms with Gasteiger partial charge in [-0.2, -0.15) is 0 Å². The lowest BCUT2D eigenvalue weighted by molar-refractivity contribution is 0.390. The average molecular weight is 162 g/mol. The molecule has 2 fully saturated rings. The van der Waals surface area contributed by atoms with E-state index < -0.39 is 0 Å². The van der Waals surface area contributed by atoms with Gasteiger partial charge >= 0.3 is 0 Å². The van der Waals surface area contributed by atoms with Gasteiger partial charge in [0, 0.05) is 10.8 Å². The molecule has 2 aliphatic rings. The zero-order valence-electron chi connectivity index (χ0n) is 8.24. The molecule has 2 rings (SSSR count). The first-order chi connectivity index (χ1) is 5.55. The van der Waals surface area contributed by atoms with E-state index in [1.54, 1.807) is 0 Å². The van der Waals surface area contributed by atoms with Crippen molar-refractivity contribution in [2.75, 3.05) is 0 Å². The summed E-state index contributed by atoms with van der Waals surface area (Å²) in [6, 6.07) is 0. The summed E-state index contributed by atoms with van der Waals surface area (Å²) in [5.74, 6) is 0. The maximum Gasteiger partial charge on any atom is 0.0000461 e. The summed E-state index contributed by atoms with van der Waals surface area (Å²) in [6.45, 7) is 12.7. The number of hydrogen-bond acceptors (Lipinski definition) is 0. The van der Waals surface area contributed by atoms with Crippen molar-refractivity contribution in [3.8, 4) is 0 Å². The summed E-state index contributed by atoms with van der Waals surface area (Å²) in [7, 11) is 0. The SMILES string of the molecule is C=C(C)C1(C2(C(=C)C)CC2)CC1. The Balaban J connectivity index is 2.30. The maximum absolute atomic E-state index is 4.14. The molecular formula is C12H18. The normalized spacial score (nSPS) is 27.8. The first kappa shape index (κ1) is 8.10. The van der Waals surface area contributed by atoms with Gasteiger partial charge in [-0.3, -0.25) is 0 Å². The molecule has 0 aromatic carbocycles. The zero-order chi connectivity index (χ0) is 8.98. The smallest absolute Gasteiger partial charge is 0.0000461 e. The second kappa shape index (κ2) is 2.04. The van der Waals surface area contributed by atoms with E-state index in [2.05, 4.69) is 27.0 Å². The van der Waals surface area contributed by atoms with Gasteiger partial charge in [0.05, 0.1) is 0 Å². The molecule has 0 aromatic rings. The molecule has 0 heteroatoms. The molecule has 0 saturated heterocycles. The molecule has 66 valence electrons. The van der Waals surface area contributed by atoms with Crippen molar-refractivity contribution in [2.45, 2.75) is 39.5 Å². The van der Waals surface area contributed by atoms with Crippen LogP contribution in [0, 0.1) is 10.8 Å². The molecule has 0 N–H and O–H groups in total. The lowest BCUT2D eigenvalue weighted by Gasteiger charge is -2.27. The van der Waals surface area contributed by atoms with Crippen LogP contribution < -0.4 is 0 Å². The highest BCUT2D eigenvalue weighted by Crippen LogP contribution is 2.75. The minimum absolute atomic E-state index is 0.485. The van der Waals surface area contributed by atoms with E-state index in [1.165, 1.54) is 36.8 Å². The van der Waals surface area contributed by atoms with E-state index in [9.17, 15) is 0 Å². The van der Waals surface area contributed by atoms with Crippen molar-refractivity contribution >= 4 is 0 Å². The Bertz CT molecular complexity index is 221. The van der Waals surface area contributed by atoms with E-state index in [1.807, 2.05) is 0 Å². The van der Waals surface area contributed by atoms with Gasteiger partial charge in [0.2, 0.25) is 0 Å². The summed E-state index contributed by atoms with van der Waals surface area (Å²) >= 11 is 0. The summed E-state index contributed by atoms with van der Waals surface area (Å²) in [5, 5.41) is 0. The fourth-order valence-electron chi connectivity index (χ4n) is 2.88. The van der Waals surface area contributed by atoms with Crippen LogP contribution in [-0.2, 0) is 0 Å². The second-order valence-corrected chi connectivity index (χ2v) is 4.72. The standard InChI is InChI=1S/C12H18/c1-9(2)11(5-6-11)12(7-8-12)10(3)4/h1,3,5-8H2,2,4H3. The third-order valence-electron chi connectivity index (χ3n) is 4.05. The fraction of sp³-hybridized carbons (Fsp3) is 0.667. The third kappa shape index (κ3) is 0.734. The van der Waals surface area contributed by atoms with E-state index >= 15 is 0 Å². The zero-order valence-corrected chi connectivity index (χ0v) is 8.24. The minimum atomic E-state index is 0.485. The molecule has 2 saturated carbocycles. The van der Waals surface area contributed by atoms with Gasteiger partial charge in [0.1, 0.15) is 0 Å². The van der Waals surface area contributed by atoms with E-state index in [0.29, 0.717) is 10.8 Å².